The predicted octanol–water partition coefficient (Wildman–Crippen LogP) is 3.70. The van der Waals surface area contributed by atoms with E-state index in [4.69, 9.17) is 0 Å². The van der Waals surface area contributed by atoms with Gasteiger partial charge >= 0.3 is 0 Å². The minimum Gasteiger partial charge on any atom is -0.310 e. The van der Waals surface area contributed by atoms with Gasteiger partial charge in [-0.1, -0.05) is 37.3 Å². The van der Waals surface area contributed by atoms with Crippen molar-refractivity contribution in [3.63, 3.8) is 0 Å². The van der Waals surface area contributed by atoms with E-state index in [1.807, 2.05) is 7.05 Å². The fourth-order valence-corrected chi connectivity index (χ4v) is 2.91. The van der Waals surface area contributed by atoms with Gasteiger partial charge in [-0.05, 0) is 46.9 Å². The quantitative estimate of drug-likeness (QED) is 0.874. The van der Waals surface area contributed by atoms with Crippen LogP contribution in [-0.4, -0.2) is 21.5 Å². The van der Waals surface area contributed by atoms with Crippen LogP contribution < -0.4 is 5.32 Å². The fourth-order valence-electron chi connectivity index (χ4n) is 2.36. The molecule has 20 heavy (non-hydrogen) atoms. The summed E-state index contributed by atoms with van der Waals surface area (Å²) < 4.78 is 2.58. The van der Waals surface area contributed by atoms with Crippen molar-refractivity contribution >= 4 is 15.9 Å². The van der Waals surface area contributed by atoms with Gasteiger partial charge in [-0.25, -0.2) is 4.68 Å². The number of hydrogen-bond donors (Lipinski definition) is 1. The molecule has 2 aromatic rings. The zero-order chi connectivity index (χ0) is 14.5. The Kier molecular flexibility index (Phi) is 5.31. The first kappa shape index (κ1) is 15.2. The molecule has 1 heterocycles. The van der Waals surface area contributed by atoms with E-state index in [-0.39, 0.29) is 0 Å². The molecule has 1 unspecified atom stereocenters. The first-order valence-corrected chi connectivity index (χ1v) is 7.85. The molecular formula is C15H21BrN4. The normalized spacial score (nSPS) is 12.6. The number of nitrogens with one attached hydrogen (secondary N) is 1. The number of aryl methyl sites for hydroxylation is 1. The summed E-state index contributed by atoms with van der Waals surface area (Å²) in [6, 6.07) is 8.99. The Morgan fingerprint density at radius 3 is 2.75 bits per heavy atom. The van der Waals surface area contributed by atoms with E-state index in [2.05, 4.69) is 69.7 Å². The number of aromatic nitrogens is 3. The monoisotopic (exact) mass is 336 g/mol. The van der Waals surface area contributed by atoms with Crippen molar-refractivity contribution in [1.29, 1.82) is 0 Å². The van der Waals surface area contributed by atoms with Gasteiger partial charge in [-0.15, -0.1) is 5.10 Å². The van der Waals surface area contributed by atoms with Crippen LogP contribution in [0.4, 0.5) is 0 Å². The van der Waals surface area contributed by atoms with Gasteiger partial charge in [0.2, 0.25) is 0 Å². The summed E-state index contributed by atoms with van der Waals surface area (Å²) in [5.74, 6) is 0. The molecule has 0 bridgehead atoms. The third-order valence-electron chi connectivity index (χ3n) is 3.40. The van der Waals surface area contributed by atoms with E-state index in [0.29, 0.717) is 6.04 Å². The molecule has 5 heteroatoms. The number of nitrogens with zero attached hydrogens (tertiary/aromatic N) is 3. The van der Waals surface area contributed by atoms with Crippen LogP contribution in [0.3, 0.4) is 0 Å². The molecule has 1 N–H and O–H groups in total. The summed E-state index contributed by atoms with van der Waals surface area (Å²) in [5.41, 5.74) is 3.46. The van der Waals surface area contributed by atoms with E-state index in [1.54, 1.807) is 4.68 Å². The van der Waals surface area contributed by atoms with Gasteiger partial charge in [0.15, 0.2) is 4.60 Å². The highest BCUT2D eigenvalue weighted by Gasteiger charge is 2.13. The highest BCUT2D eigenvalue weighted by Crippen LogP contribution is 2.28. The molecule has 0 amide bonds. The molecular weight excluding hydrogens is 316 g/mol. The molecule has 108 valence electrons. The van der Waals surface area contributed by atoms with Crippen molar-refractivity contribution < 1.29 is 0 Å². The Balaban J connectivity index is 2.32. The maximum absolute atomic E-state index is 4.05. The molecule has 0 aliphatic heterocycles. The van der Waals surface area contributed by atoms with Crippen LogP contribution in [0.25, 0.3) is 11.3 Å². The molecule has 0 spiro atoms. The van der Waals surface area contributed by atoms with Crippen molar-refractivity contribution in [2.75, 3.05) is 6.54 Å². The number of hydrogen-bond acceptors (Lipinski definition) is 3. The first-order valence-electron chi connectivity index (χ1n) is 7.06. The zero-order valence-electron chi connectivity index (χ0n) is 12.2. The van der Waals surface area contributed by atoms with Crippen LogP contribution >= 0.6 is 15.9 Å². The topological polar surface area (TPSA) is 42.7 Å². The van der Waals surface area contributed by atoms with Crippen molar-refractivity contribution in [1.82, 2.24) is 20.3 Å². The van der Waals surface area contributed by atoms with Gasteiger partial charge in [0, 0.05) is 18.7 Å². The number of halogens is 1. The molecule has 0 saturated carbocycles. The standard InChI is InChI=1S/C15H21BrN4/c1-4-9-17-13(5-2)11-7-6-8-12(10-11)14-15(16)18-19-20(14)3/h6-8,10,13,17H,4-5,9H2,1-3H3. The summed E-state index contributed by atoms with van der Waals surface area (Å²) in [5, 5.41) is 11.7. The predicted molar refractivity (Wildman–Crippen MR) is 85.5 cm³/mol. The second-order valence-corrected chi connectivity index (χ2v) is 5.64. The first-order chi connectivity index (χ1) is 9.67. The van der Waals surface area contributed by atoms with Gasteiger partial charge < -0.3 is 5.32 Å². The fraction of sp³-hybridized carbons (Fsp3) is 0.467. The zero-order valence-corrected chi connectivity index (χ0v) is 13.8. The SMILES string of the molecule is CCCNC(CC)c1cccc(-c2c(Br)nnn2C)c1. The maximum Gasteiger partial charge on any atom is 0.156 e. The highest BCUT2D eigenvalue weighted by atomic mass is 79.9. The molecule has 0 saturated heterocycles. The van der Waals surface area contributed by atoms with Crippen molar-refractivity contribution in [2.24, 2.45) is 7.05 Å². The van der Waals surface area contributed by atoms with Gasteiger partial charge in [0.25, 0.3) is 0 Å². The van der Waals surface area contributed by atoms with Crippen LogP contribution in [-0.2, 0) is 7.05 Å². The molecule has 0 aliphatic carbocycles. The highest BCUT2D eigenvalue weighted by molar-refractivity contribution is 9.10. The Bertz CT molecular complexity index is 545. The molecule has 1 aromatic heterocycles. The third-order valence-corrected chi connectivity index (χ3v) is 3.93. The van der Waals surface area contributed by atoms with Crippen LogP contribution in [0.1, 0.15) is 38.3 Å². The van der Waals surface area contributed by atoms with Gasteiger partial charge in [-0.2, -0.15) is 0 Å². The lowest BCUT2D eigenvalue weighted by Crippen LogP contribution is -2.21. The summed E-state index contributed by atoms with van der Waals surface area (Å²) in [6.45, 7) is 5.44. The van der Waals surface area contributed by atoms with Gasteiger partial charge in [0.1, 0.15) is 5.69 Å². The van der Waals surface area contributed by atoms with Gasteiger partial charge in [0.05, 0.1) is 0 Å². The smallest absolute Gasteiger partial charge is 0.156 e. The largest absolute Gasteiger partial charge is 0.310 e. The Morgan fingerprint density at radius 1 is 1.35 bits per heavy atom. The lowest BCUT2D eigenvalue weighted by molar-refractivity contribution is 0.518. The summed E-state index contributed by atoms with van der Waals surface area (Å²) in [6.07, 6.45) is 2.22. The Morgan fingerprint density at radius 2 is 2.15 bits per heavy atom. The van der Waals surface area contributed by atoms with Crippen LogP contribution in [0, 0.1) is 0 Å². The third kappa shape index (κ3) is 3.27. The second kappa shape index (κ2) is 6.99. The van der Waals surface area contributed by atoms with Crippen LogP contribution in [0.2, 0.25) is 0 Å². The number of rotatable bonds is 6. The summed E-state index contributed by atoms with van der Waals surface area (Å²) in [4.78, 5) is 0. The van der Waals surface area contributed by atoms with Crippen LogP contribution in [0.15, 0.2) is 28.9 Å². The minimum atomic E-state index is 0.398. The summed E-state index contributed by atoms with van der Waals surface area (Å²) >= 11 is 3.46. The van der Waals surface area contributed by atoms with E-state index in [0.717, 1.165) is 35.2 Å². The van der Waals surface area contributed by atoms with E-state index < -0.39 is 0 Å². The minimum absolute atomic E-state index is 0.398. The lowest BCUT2D eigenvalue weighted by atomic mass is 10.0. The Hall–Kier alpha value is -1.20. The average molecular weight is 337 g/mol. The molecule has 0 fully saturated rings. The van der Waals surface area contributed by atoms with E-state index in [9.17, 15) is 0 Å². The van der Waals surface area contributed by atoms with Crippen LogP contribution in [0.5, 0.6) is 0 Å². The summed E-state index contributed by atoms with van der Waals surface area (Å²) in [7, 11) is 1.91. The second-order valence-electron chi connectivity index (χ2n) is 4.89. The van der Waals surface area contributed by atoms with E-state index in [1.165, 1.54) is 5.56 Å². The Labute approximate surface area is 128 Å². The molecule has 1 atom stereocenters. The molecule has 1 aromatic carbocycles. The van der Waals surface area contributed by atoms with E-state index >= 15 is 0 Å². The lowest BCUT2D eigenvalue weighted by Gasteiger charge is -2.18. The molecule has 0 aliphatic rings. The van der Waals surface area contributed by atoms with Crippen molar-refractivity contribution in [3.05, 3.63) is 34.4 Å². The van der Waals surface area contributed by atoms with Gasteiger partial charge in [-0.3, -0.25) is 0 Å². The molecule has 0 radical (unpaired) electrons. The maximum atomic E-state index is 4.05. The molecule has 2 rings (SSSR count). The number of benzene rings is 1. The van der Waals surface area contributed by atoms with Crippen molar-refractivity contribution in [3.8, 4) is 11.3 Å². The average Bonchev–Trinajstić information content (AvgIpc) is 2.79. The van der Waals surface area contributed by atoms with Crippen molar-refractivity contribution in [2.45, 2.75) is 32.7 Å². The molecule has 4 nitrogen and oxygen atoms in total.